The molecule has 2 aromatic carbocycles. The van der Waals surface area contributed by atoms with E-state index in [2.05, 4.69) is 10.3 Å². The number of hydrogen-bond acceptors (Lipinski definition) is 5. The minimum absolute atomic E-state index is 0.194. The third-order valence-corrected chi connectivity index (χ3v) is 3.59. The Morgan fingerprint density at radius 3 is 2.80 bits per heavy atom. The molecule has 1 N–H and O–H groups in total. The van der Waals surface area contributed by atoms with E-state index in [0.717, 1.165) is 0 Å². The van der Waals surface area contributed by atoms with E-state index >= 15 is 0 Å². The molecule has 4 rings (SSSR count). The van der Waals surface area contributed by atoms with Gasteiger partial charge in [0.25, 0.3) is 5.91 Å². The quantitative estimate of drug-likeness (QED) is 0.785. The fourth-order valence-electron chi connectivity index (χ4n) is 2.41. The van der Waals surface area contributed by atoms with E-state index in [-0.39, 0.29) is 12.7 Å². The summed E-state index contributed by atoms with van der Waals surface area (Å²) in [6.07, 6.45) is 1.64. The van der Waals surface area contributed by atoms with Crippen LogP contribution in [0.2, 0.25) is 0 Å². The van der Waals surface area contributed by atoms with E-state index in [1.54, 1.807) is 54.7 Å². The van der Waals surface area contributed by atoms with E-state index in [4.69, 9.17) is 14.2 Å². The molecule has 0 unspecified atom stereocenters. The number of amides is 1. The maximum Gasteiger partial charge on any atom is 0.255 e. The number of anilines is 1. The zero-order chi connectivity index (χ0) is 17.1. The van der Waals surface area contributed by atoms with Crippen LogP contribution in [0.15, 0.2) is 66.9 Å². The topological polar surface area (TPSA) is 69.7 Å². The van der Waals surface area contributed by atoms with Crippen LogP contribution in [-0.2, 0) is 0 Å². The number of ether oxygens (including phenoxy) is 3. The number of pyridine rings is 1. The van der Waals surface area contributed by atoms with Crippen molar-refractivity contribution in [2.24, 2.45) is 0 Å². The minimum atomic E-state index is -0.245. The number of nitrogens with one attached hydrogen (secondary N) is 1. The summed E-state index contributed by atoms with van der Waals surface area (Å²) in [5.41, 5.74) is 1.11. The molecule has 6 heteroatoms. The molecule has 0 radical (unpaired) electrons. The molecule has 0 spiro atoms. The summed E-state index contributed by atoms with van der Waals surface area (Å²) >= 11 is 0. The first kappa shape index (κ1) is 15.0. The molecule has 0 saturated carbocycles. The van der Waals surface area contributed by atoms with Gasteiger partial charge in [0.05, 0.1) is 0 Å². The molecule has 0 fully saturated rings. The van der Waals surface area contributed by atoms with E-state index in [1.165, 1.54) is 0 Å². The third-order valence-electron chi connectivity index (χ3n) is 3.59. The number of hydrogen-bond donors (Lipinski definition) is 1. The van der Waals surface area contributed by atoms with Crippen molar-refractivity contribution in [1.82, 2.24) is 4.98 Å². The molecular weight excluding hydrogens is 320 g/mol. The number of fused-ring (bicyclic) bond motifs is 1. The van der Waals surface area contributed by atoms with Crippen molar-refractivity contribution in [3.63, 3.8) is 0 Å². The maximum atomic E-state index is 12.5. The van der Waals surface area contributed by atoms with Crippen molar-refractivity contribution in [1.29, 1.82) is 0 Å². The molecule has 1 aliphatic heterocycles. The summed E-state index contributed by atoms with van der Waals surface area (Å²) < 4.78 is 16.2. The summed E-state index contributed by atoms with van der Waals surface area (Å²) in [6, 6.07) is 17.6. The molecule has 1 amide bonds. The Hall–Kier alpha value is -3.54. The zero-order valence-corrected chi connectivity index (χ0v) is 13.1. The number of benzene rings is 2. The van der Waals surface area contributed by atoms with Crippen LogP contribution >= 0.6 is 0 Å². The van der Waals surface area contributed by atoms with Gasteiger partial charge in [0.2, 0.25) is 12.7 Å². The Morgan fingerprint density at radius 1 is 1.00 bits per heavy atom. The SMILES string of the molecule is O=C(Nc1ccc2c(c1)OCO2)c1cccc(Oc2ccccn2)c1. The second-order valence-electron chi connectivity index (χ2n) is 5.32. The molecule has 0 aliphatic carbocycles. The zero-order valence-electron chi connectivity index (χ0n) is 13.1. The van der Waals surface area contributed by atoms with Crippen LogP contribution in [-0.4, -0.2) is 17.7 Å². The molecule has 0 atom stereocenters. The highest BCUT2D eigenvalue weighted by molar-refractivity contribution is 6.04. The van der Waals surface area contributed by atoms with Gasteiger partial charge in [-0.25, -0.2) is 4.98 Å². The highest BCUT2D eigenvalue weighted by Crippen LogP contribution is 2.34. The summed E-state index contributed by atoms with van der Waals surface area (Å²) in [7, 11) is 0. The van der Waals surface area contributed by atoms with Crippen molar-refractivity contribution in [2.45, 2.75) is 0 Å². The van der Waals surface area contributed by atoms with Gasteiger partial charge in [-0.1, -0.05) is 12.1 Å². The average molecular weight is 334 g/mol. The van der Waals surface area contributed by atoms with Gasteiger partial charge in [0.1, 0.15) is 5.75 Å². The first-order valence-corrected chi connectivity index (χ1v) is 7.68. The van der Waals surface area contributed by atoms with Crippen LogP contribution < -0.4 is 19.5 Å². The lowest BCUT2D eigenvalue weighted by molar-refractivity contribution is 0.102. The van der Waals surface area contributed by atoms with E-state index < -0.39 is 0 Å². The highest BCUT2D eigenvalue weighted by atomic mass is 16.7. The van der Waals surface area contributed by atoms with Crippen molar-refractivity contribution in [2.75, 3.05) is 12.1 Å². The van der Waals surface area contributed by atoms with Gasteiger partial charge in [0.15, 0.2) is 11.5 Å². The molecule has 3 aromatic rings. The number of carbonyl (C=O) groups excluding carboxylic acids is 1. The van der Waals surface area contributed by atoms with Crippen molar-refractivity contribution in [3.8, 4) is 23.1 Å². The summed E-state index contributed by atoms with van der Waals surface area (Å²) in [6.45, 7) is 0.194. The molecule has 124 valence electrons. The molecule has 1 aromatic heterocycles. The number of rotatable bonds is 4. The minimum Gasteiger partial charge on any atom is -0.454 e. The van der Waals surface area contributed by atoms with Crippen LogP contribution in [0, 0.1) is 0 Å². The average Bonchev–Trinajstić information content (AvgIpc) is 3.10. The Kier molecular flexibility index (Phi) is 3.92. The molecule has 0 saturated heterocycles. The lowest BCUT2D eigenvalue weighted by Gasteiger charge is -2.08. The Bertz CT molecular complexity index is 912. The van der Waals surface area contributed by atoms with Crippen LogP contribution in [0.1, 0.15) is 10.4 Å². The van der Waals surface area contributed by atoms with Gasteiger partial charge in [0, 0.05) is 29.6 Å². The van der Waals surface area contributed by atoms with Crippen molar-refractivity contribution < 1.29 is 19.0 Å². The van der Waals surface area contributed by atoms with Gasteiger partial charge in [-0.15, -0.1) is 0 Å². The standard InChI is InChI=1S/C19H14N2O4/c22-19(21-14-7-8-16-17(11-14)24-12-23-16)13-4-3-5-15(10-13)25-18-6-1-2-9-20-18/h1-11H,12H2,(H,21,22). The molecule has 1 aliphatic rings. The van der Waals surface area contributed by atoms with Gasteiger partial charge < -0.3 is 19.5 Å². The van der Waals surface area contributed by atoms with E-state index in [9.17, 15) is 4.79 Å². The monoisotopic (exact) mass is 334 g/mol. The second kappa shape index (κ2) is 6.52. The lowest BCUT2D eigenvalue weighted by Crippen LogP contribution is -2.11. The first-order chi connectivity index (χ1) is 12.3. The van der Waals surface area contributed by atoms with Crippen LogP contribution in [0.3, 0.4) is 0 Å². The number of carbonyl (C=O) groups is 1. The molecule has 6 nitrogen and oxygen atoms in total. The fourth-order valence-corrected chi connectivity index (χ4v) is 2.41. The predicted octanol–water partition coefficient (Wildman–Crippen LogP) is 3.85. The van der Waals surface area contributed by atoms with Crippen LogP contribution in [0.4, 0.5) is 5.69 Å². The molecular formula is C19H14N2O4. The van der Waals surface area contributed by atoms with Crippen LogP contribution in [0.25, 0.3) is 0 Å². The van der Waals surface area contributed by atoms with E-state index in [1.807, 2.05) is 12.1 Å². The third kappa shape index (κ3) is 3.37. The fraction of sp³-hybridized carbons (Fsp3) is 0.0526. The molecule has 25 heavy (non-hydrogen) atoms. The lowest BCUT2D eigenvalue weighted by atomic mass is 10.2. The highest BCUT2D eigenvalue weighted by Gasteiger charge is 2.15. The Labute approximate surface area is 144 Å². The smallest absolute Gasteiger partial charge is 0.255 e. The van der Waals surface area contributed by atoms with Crippen molar-refractivity contribution >= 4 is 11.6 Å². The Morgan fingerprint density at radius 2 is 1.92 bits per heavy atom. The second-order valence-corrected chi connectivity index (χ2v) is 5.32. The van der Waals surface area contributed by atoms with Gasteiger partial charge in [-0.3, -0.25) is 4.79 Å². The summed E-state index contributed by atoms with van der Waals surface area (Å²) in [4.78, 5) is 16.6. The first-order valence-electron chi connectivity index (χ1n) is 7.68. The maximum absolute atomic E-state index is 12.5. The summed E-state index contributed by atoms with van der Waals surface area (Å²) in [5.74, 6) is 2.05. The van der Waals surface area contributed by atoms with Gasteiger partial charge in [-0.2, -0.15) is 0 Å². The van der Waals surface area contributed by atoms with E-state index in [0.29, 0.717) is 34.4 Å². The predicted molar refractivity (Wildman–Crippen MR) is 91.3 cm³/mol. The largest absolute Gasteiger partial charge is 0.454 e. The molecule has 2 heterocycles. The van der Waals surface area contributed by atoms with Gasteiger partial charge in [-0.05, 0) is 36.4 Å². The number of aromatic nitrogens is 1. The number of nitrogens with zero attached hydrogens (tertiary/aromatic N) is 1. The van der Waals surface area contributed by atoms with Crippen LogP contribution in [0.5, 0.6) is 23.1 Å². The summed E-state index contributed by atoms with van der Waals surface area (Å²) in [5, 5.41) is 2.83. The Balaban J connectivity index is 1.49. The normalized spacial score (nSPS) is 11.8. The van der Waals surface area contributed by atoms with Crippen molar-refractivity contribution in [3.05, 3.63) is 72.4 Å². The molecule has 0 bridgehead atoms. The van der Waals surface area contributed by atoms with Gasteiger partial charge >= 0.3 is 0 Å².